The maximum absolute atomic E-state index is 12.3. The molecule has 0 saturated heterocycles. The second kappa shape index (κ2) is 6.95. The van der Waals surface area contributed by atoms with Gasteiger partial charge in [0.1, 0.15) is 11.5 Å². The smallest absolute Gasteiger partial charge is 0.258 e. The van der Waals surface area contributed by atoms with Crippen molar-refractivity contribution in [1.82, 2.24) is 5.32 Å². The number of aryl methyl sites for hydroxylation is 2. The summed E-state index contributed by atoms with van der Waals surface area (Å²) >= 11 is 0. The minimum Gasteiger partial charge on any atom is -0.493 e. The highest BCUT2D eigenvalue weighted by atomic mass is 16.5. The van der Waals surface area contributed by atoms with Gasteiger partial charge in [-0.3, -0.25) is 4.79 Å². The Hall–Kier alpha value is -2.49. The van der Waals surface area contributed by atoms with Crippen LogP contribution in [0.1, 0.15) is 34.7 Å². The number of rotatable bonds is 4. The number of hydrogen-bond donors (Lipinski definition) is 1. The zero-order valence-corrected chi connectivity index (χ0v) is 14.4. The normalized spacial score (nSPS) is 16.0. The van der Waals surface area contributed by atoms with Gasteiger partial charge in [0.05, 0.1) is 12.6 Å². The molecule has 1 aliphatic heterocycles. The second-order valence-corrected chi connectivity index (χ2v) is 6.29. The first-order chi connectivity index (χ1) is 11.5. The Morgan fingerprint density at radius 2 is 2.04 bits per heavy atom. The average molecular weight is 325 g/mol. The van der Waals surface area contributed by atoms with Gasteiger partial charge < -0.3 is 14.8 Å². The number of para-hydroxylation sites is 1. The van der Waals surface area contributed by atoms with Crippen LogP contribution in [0.4, 0.5) is 0 Å². The lowest BCUT2D eigenvalue weighted by Crippen LogP contribution is -2.35. The van der Waals surface area contributed by atoms with Crippen molar-refractivity contribution in [2.24, 2.45) is 0 Å². The van der Waals surface area contributed by atoms with Gasteiger partial charge in [0.15, 0.2) is 6.61 Å². The average Bonchev–Trinajstić information content (AvgIpc) is 2.57. The van der Waals surface area contributed by atoms with Crippen LogP contribution in [-0.2, 0) is 4.79 Å². The maximum Gasteiger partial charge on any atom is 0.258 e. The van der Waals surface area contributed by atoms with Crippen molar-refractivity contribution >= 4 is 5.91 Å². The summed E-state index contributed by atoms with van der Waals surface area (Å²) in [6.07, 6.45) is 0.769. The highest BCUT2D eigenvalue weighted by Crippen LogP contribution is 2.31. The standard InChI is InChI=1S/C20H23NO3/c1-13-10-14(2)15(3)19(11-13)24-12-20(22)21-17-8-9-23-18-7-5-4-6-16(17)18/h4-7,10-11,17H,8-9,12H2,1-3H3,(H,21,22). The molecule has 1 amide bonds. The van der Waals surface area contributed by atoms with Gasteiger partial charge in [-0.15, -0.1) is 0 Å². The number of nitrogens with one attached hydrogen (secondary N) is 1. The van der Waals surface area contributed by atoms with Crippen molar-refractivity contribution < 1.29 is 14.3 Å². The van der Waals surface area contributed by atoms with E-state index in [-0.39, 0.29) is 18.6 Å². The molecule has 0 aromatic heterocycles. The SMILES string of the molecule is Cc1cc(C)c(C)c(OCC(=O)NC2CCOc3ccccc32)c1. The van der Waals surface area contributed by atoms with Gasteiger partial charge in [-0.1, -0.05) is 24.3 Å². The molecule has 0 saturated carbocycles. The van der Waals surface area contributed by atoms with E-state index in [0.29, 0.717) is 6.61 Å². The predicted molar refractivity (Wildman–Crippen MR) is 93.6 cm³/mol. The molecule has 1 N–H and O–H groups in total. The summed E-state index contributed by atoms with van der Waals surface area (Å²) in [6, 6.07) is 11.9. The molecule has 4 nitrogen and oxygen atoms in total. The van der Waals surface area contributed by atoms with E-state index < -0.39 is 0 Å². The minimum absolute atomic E-state index is 0.0171. The molecule has 2 aromatic rings. The van der Waals surface area contributed by atoms with Gasteiger partial charge in [0.2, 0.25) is 0 Å². The molecule has 1 heterocycles. The summed E-state index contributed by atoms with van der Waals surface area (Å²) in [7, 11) is 0. The van der Waals surface area contributed by atoms with Gasteiger partial charge in [-0.05, 0) is 49.6 Å². The summed E-state index contributed by atoms with van der Waals surface area (Å²) in [6.45, 7) is 6.71. The number of carbonyl (C=O) groups excluding carboxylic acids is 1. The number of carbonyl (C=O) groups is 1. The van der Waals surface area contributed by atoms with Crippen LogP contribution in [0.3, 0.4) is 0 Å². The zero-order chi connectivity index (χ0) is 17.1. The van der Waals surface area contributed by atoms with Crippen LogP contribution in [0.5, 0.6) is 11.5 Å². The molecule has 24 heavy (non-hydrogen) atoms. The van der Waals surface area contributed by atoms with E-state index >= 15 is 0 Å². The van der Waals surface area contributed by atoms with E-state index in [9.17, 15) is 4.79 Å². The van der Waals surface area contributed by atoms with E-state index in [4.69, 9.17) is 9.47 Å². The molecule has 1 aliphatic rings. The molecule has 126 valence electrons. The quantitative estimate of drug-likeness (QED) is 0.934. The van der Waals surface area contributed by atoms with Gasteiger partial charge >= 0.3 is 0 Å². The maximum atomic E-state index is 12.3. The fourth-order valence-corrected chi connectivity index (χ4v) is 3.02. The van der Waals surface area contributed by atoms with E-state index in [1.807, 2.05) is 51.1 Å². The Balaban J connectivity index is 1.63. The molecular formula is C20H23NO3. The van der Waals surface area contributed by atoms with Gasteiger partial charge in [0.25, 0.3) is 5.91 Å². The van der Waals surface area contributed by atoms with Crippen molar-refractivity contribution in [3.63, 3.8) is 0 Å². The highest BCUT2D eigenvalue weighted by molar-refractivity contribution is 5.78. The van der Waals surface area contributed by atoms with E-state index in [1.165, 1.54) is 5.56 Å². The third kappa shape index (κ3) is 3.53. The van der Waals surface area contributed by atoms with Crippen molar-refractivity contribution in [3.8, 4) is 11.5 Å². The first-order valence-corrected chi connectivity index (χ1v) is 8.26. The summed E-state index contributed by atoms with van der Waals surface area (Å²) < 4.78 is 11.4. The Morgan fingerprint density at radius 3 is 2.88 bits per heavy atom. The number of amides is 1. The van der Waals surface area contributed by atoms with Crippen LogP contribution >= 0.6 is 0 Å². The van der Waals surface area contributed by atoms with Gasteiger partial charge in [0, 0.05) is 12.0 Å². The van der Waals surface area contributed by atoms with Crippen LogP contribution in [0.15, 0.2) is 36.4 Å². The molecule has 0 aliphatic carbocycles. The predicted octanol–water partition coefficient (Wildman–Crippen LogP) is 3.63. The number of hydrogen-bond acceptors (Lipinski definition) is 3. The number of ether oxygens (including phenoxy) is 2. The third-order valence-corrected chi connectivity index (χ3v) is 4.42. The molecule has 3 rings (SSSR count). The number of fused-ring (bicyclic) bond motifs is 1. The van der Waals surface area contributed by atoms with E-state index in [2.05, 4.69) is 11.4 Å². The molecular weight excluding hydrogens is 302 g/mol. The molecule has 0 bridgehead atoms. The molecule has 0 spiro atoms. The third-order valence-electron chi connectivity index (χ3n) is 4.42. The summed E-state index contributed by atoms with van der Waals surface area (Å²) in [4.78, 5) is 12.3. The second-order valence-electron chi connectivity index (χ2n) is 6.29. The Labute approximate surface area is 142 Å². The number of benzene rings is 2. The topological polar surface area (TPSA) is 47.6 Å². The molecule has 1 atom stereocenters. The lowest BCUT2D eigenvalue weighted by atomic mass is 10.0. The van der Waals surface area contributed by atoms with Gasteiger partial charge in [-0.2, -0.15) is 0 Å². The highest BCUT2D eigenvalue weighted by Gasteiger charge is 2.22. The summed E-state index contributed by atoms with van der Waals surface area (Å²) in [5.74, 6) is 1.51. The van der Waals surface area contributed by atoms with Crippen molar-refractivity contribution in [3.05, 3.63) is 58.7 Å². The molecule has 0 radical (unpaired) electrons. The van der Waals surface area contributed by atoms with Crippen LogP contribution in [-0.4, -0.2) is 19.1 Å². The van der Waals surface area contributed by atoms with Crippen LogP contribution in [0.2, 0.25) is 0 Å². The molecule has 0 fully saturated rings. The lowest BCUT2D eigenvalue weighted by Gasteiger charge is -2.26. The van der Waals surface area contributed by atoms with Crippen molar-refractivity contribution in [2.45, 2.75) is 33.2 Å². The van der Waals surface area contributed by atoms with Crippen molar-refractivity contribution in [2.75, 3.05) is 13.2 Å². The van der Waals surface area contributed by atoms with Crippen molar-refractivity contribution in [1.29, 1.82) is 0 Å². The lowest BCUT2D eigenvalue weighted by molar-refractivity contribution is -0.124. The fraction of sp³-hybridized carbons (Fsp3) is 0.350. The van der Waals surface area contributed by atoms with Crippen LogP contribution in [0.25, 0.3) is 0 Å². The zero-order valence-electron chi connectivity index (χ0n) is 14.4. The van der Waals surface area contributed by atoms with Crippen LogP contribution < -0.4 is 14.8 Å². The van der Waals surface area contributed by atoms with Gasteiger partial charge in [-0.25, -0.2) is 0 Å². The van der Waals surface area contributed by atoms with E-state index in [0.717, 1.165) is 34.6 Å². The Morgan fingerprint density at radius 1 is 1.25 bits per heavy atom. The van der Waals surface area contributed by atoms with E-state index in [1.54, 1.807) is 0 Å². The first-order valence-electron chi connectivity index (χ1n) is 8.26. The fourth-order valence-electron chi connectivity index (χ4n) is 3.02. The molecule has 2 aromatic carbocycles. The minimum atomic E-state index is -0.115. The van der Waals surface area contributed by atoms with Crippen LogP contribution in [0, 0.1) is 20.8 Å². The summed E-state index contributed by atoms with van der Waals surface area (Å²) in [5.41, 5.74) is 4.40. The Bertz CT molecular complexity index is 755. The molecule has 4 heteroatoms. The summed E-state index contributed by atoms with van der Waals surface area (Å²) in [5, 5.41) is 3.05. The Kier molecular flexibility index (Phi) is 4.74. The largest absolute Gasteiger partial charge is 0.493 e. The first kappa shape index (κ1) is 16.4. The molecule has 1 unspecified atom stereocenters. The monoisotopic (exact) mass is 325 g/mol.